The predicted molar refractivity (Wildman–Crippen MR) is 200 cm³/mol. The molecule has 12 aromatic rings. The summed E-state index contributed by atoms with van der Waals surface area (Å²) in [4.78, 5) is 21.7. The van der Waals surface area contributed by atoms with Gasteiger partial charge in [-0.15, -0.1) is 28.3 Å². The summed E-state index contributed by atoms with van der Waals surface area (Å²) in [6.07, 6.45) is 0. The molecule has 0 saturated heterocycles. The monoisotopic (exact) mass is 670 g/mol. The molecule has 12 rings (SSSR count). The molecule has 0 aliphatic heterocycles. The zero-order chi connectivity index (χ0) is 31.1. The minimum atomic E-state index is 0. The first-order chi connectivity index (χ1) is 23.8. The quantitative estimate of drug-likeness (QED) is 0.129. The molecule has 0 amide bonds. The molecular formula is C44H22N4Zn. The summed E-state index contributed by atoms with van der Waals surface area (Å²) in [6, 6.07) is 47.4. The fraction of sp³-hybridized carbons (Fsp3) is 0. The van der Waals surface area contributed by atoms with E-state index < -0.39 is 0 Å². The fourth-order valence-corrected chi connectivity index (χ4v) is 8.54. The number of rotatable bonds is 1. The molecule has 8 bridgehead atoms. The topological polar surface area (TPSA) is 56.4 Å². The van der Waals surface area contributed by atoms with Gasteiger partial charge in [-0.3, -0.25) is 0 Å². The minimum absolute atomic E-state index is 0. The Morgan fingerprint density at radius 2 is 1.04 bits per heavy atom. The molecule has 0 saturated carbocycles. The largest absolute Gasteiger partial charge is 2.00 e. The van der Waals surface area contributed by atoms with Crippen LogP contribution in [0.25, 0.3) is 120 Å². The van der Waals surface area contributed by atoms with E-state index in [0.29, 0.717) is 0 Å². The van der Waals surface area contributed by atoms with Crippen LogP contribution in [-0.4, -0.2) is 0 Å². The van der Waals surface area contributed by atoms with Gasteiger partial charge >= 0.3 is 19.5 Å². The molecular weight excluding hydrogens is 650 g/mol. The van der Waals surface area contributed by atoms with Crippen LogP contribution in [0.4, 0.5) is 0 Å². The summed E-state index contributed by atoms with van der Waals surface area (Å²) < 4.78 is 0. The van der Waals surface area contributed by atoms with Gasteiger partial charge in [0.1, 0.15) is 10.8 Å². The Hall–Kier alpha value is -5.90. The van der Waals surface area contributed by atoms with Gasteiger partial charge in [0.25, 0.3) is 0 Å². The first kappa shape index (κ1) is 27.1. The summed E-state index contributed by atoms with van der Waals surface area (Å²) in [7, 11) is 0. The average molecular weight is 672 g/mol. The van der Waals surface area contributed by atoms with E-state index in [4.69, 9.17) is 19.9 Å². The van der Waals surface area contributed by atoms with Crippen LogP contribution in [-0.2, 0) is 19.5 Å². The first-order valence-corrected chi connectivity index (χ1v) is 16.3. The Morgan fingerprint density at radius 1 is 0.449 bits per heavy atom. The average Bonchev–Trinajstić information content (AvgIpc) is 3.97. The maximum Gasteiger partial charge on any atom is 2.00 e. The Labute approximate surface area is 291 Å². The van der Waals surface area contributed by atoms with Crippen molar-refractivity contribution >= 4 is 109 Å². The molecule has 0 atom stereocenters. The van der Waals surface area contributed by atoms with Gasteiger partial charge in [-0.2, -0.15) is 11.0 Å². The van der Waals surface area contributed by atoms with Crippen molar-refractivity contribution in [3.63, 3.8) is 0 Å². The van der Waals surface area contributed by atoms with E-state index in [2.05, 4.69) is 133 Å². The smallest absolute Gasteiger partial charge is 0.656 e. The summed E-state index contributed by atoms with van der Waals surface area (Å²) >= 11 is 0. The van der Waals surface area contributed by atoms with Gasteiger partial charge < -0.3 is 19.9 Å². The van der Waals surface area contributed by atoms with Crippen LogP contribution in [0.5, 0.6) is 0 Å². The van der Waals surface area contributed by atoms with Crippen molar-refractivity contribution in [2.75, 3.05) is 0 Å². The molecule has 4 nitrogen and oxygen atoms in total. The van der Waals surface area contributed by atoms with E-state index in [1.807, 2.05) is 0 Å². The Kier molecular flexibility index (Phi) is 5.31. The number of hydrogen-bond donors (Lipinski definition) is 0. The van der Waals surface area contributed by atoms with Crippen molar-refractivity contribution in [2.45, 2.75) is 0 Å². The van der Waals surface area contributed by atoms with Crippen LogP contribution in [0.15, 0.2) is 133 Å². The van der Waals surface area contributed by atoms with Gasteiger partial charge in [0.15, 0.2) is 0 Å². The van der Waals surface area contributed by atoms with Crippen molar-refractivity contribution in [3.05, 3.63) is 133 Å². The van der Waals surface area contributed by atoms with Gasteiger partial charge in [-0.05, 0) is 76.7 Å². The third kappa shape index (κ3) is 3.40. The predicted octanol–water partition coefficient (Wildman–Crippen LogP) is 10.7. The van der Waals surface area contributed by atoms with Crippen molar-refractivity contribution in [2.24, 2.45) is 0 Å². The zero-order valence-electron chi connectivity index (χ0n) is 26.2. The molecule has 7 aromatic carbocycles. The molecule has 5 heteroatoms. The number of fused-ring (bicyclic) bond motifs is 18. The molecule has 0 aliphatic carbocycles. The third-order valence-corrected chi connectivity index (χ3v) is 10.5. The summed E-state index contributed by atoms with van der Waals surface area (Å²) in [5.74, 6) is 0. The van der Waals surface area contributed by atoms with Crippen molar-refractivity contribution in [1.29, 1.82) is 0 Å². The second-order valence-electron chi connectivity index (χ2n) is 12.9. The van der Waals surface area contributed by atoms with Crippen LogP contribution in [0.2, 0.25) is 0 Å². The van der Waals surface area contributed by atoms with E-state index in [-0.39, 0.29) is 19.5 Å². The van der Waals surface area contributed by atoms with Crippen LogP contribution in [0.3, 0.4) is 0 Å². The molecule has 0 N–H and O–H groups in total. The van der Waals surface area contributed by atoms with E-state index in [0.717, 1.165) is 76.8 Å². The number of benzene rings is 4. The normalized spacial score (nSPS) is 12.3. The fourth-order valence-electron chi connectivity index (χ4n) is 8.54. The SMILES string of the molecule is [Zn+2].c1ccc(-[c+]2c3ccc([n-]3)[c+]3c4ccccc4c4c5c6ccccc6[c+](c6ccc([n-]6)[c-]6c7ccccc7c7cc2[n-]c76)c5[n-]c43)cc1. The van der Waals surface area contributed by atoms with E-state index in [1.54, 1.807) is 0 Å². The van der Waals surface area contributed by atoms with Gasteiger partial charge in [-0.1, -0.05) is 46.8 Å². The maximum atomic E-state index is 5.52. The molecule has 0 spiro atoms. The number of nitrogens with zero attached hydrogens (tertiary/aromatic N) is 4. The molecule has 49 heavy (non-hydrogen) atoms. The van der Waals surface area contributed by atoms with Gasteiger partial charge in [0.05, 0.1) is 27.1 Å². The van der Waals surface area contributed by atoms with Crippen molar-refractivity contribution in [1.82, 2.24) is 19.9 Å². The summed E-state index contributed by atoms with van der Waals surface area (Å²) in [5.41, 5.74) is 9.68. The van der Waals surface area contributed by atoms with E-state index in [9.17, 15) is 0 Å². The maximum absolute atomic E-state index is 5.52. The second-order valence-corrected chi connectivity index (χ2v) is 12.9. The van der Waals surface area contributed by atoms with Gasteiger partial charge in [-0.25, -0.2) is 0 Å². The Balaban J connectivity index is 0.00000290. The molecule has 5 aromatic heterocycles. The third-order valence-electron chi connectivity index (χ3n) is 10.5. The Bertz CT molecular complexity index is 3340. The number of hydrogen-bond acceptors (Lipinski definition) is 0. The second kappa shape index (κ2) is 9.59. The van der Waals surface area contributed by atoms with Crippen LogP contribution >= 0.6 is 0 Å². The Morgan fingerprint density at radius 3 is 1.78 bits per heavy atom. The molecule has 220 valence electrons. The molecule has 0 fully saturated rings. The van der Waals surface area contributed by atoms with Gasteiger partial charge in [0.2, 0.25) is 0 Å². The zero-order valence-corrected chi connectivity index (χ0v) is 29.2. The van der Waals surface area contributed by atoms with E-state index >= 15 is 0 Å². The molecule has 0 radical (unpaired) electrons. The minimum Gasteiger partial charge on any atom is -0.656 e. The molecule has 0 unspecified atom stereocenters. The molecule has 5 heterocycles. The van der Waals surface area contributed by atoms with Crippen LogP contribution in [0, 0.1) is 0 Å². The molecule has 0 aliphatic rings. The number of aromatic nitrogens is 4. The van der Waals surface area contributed by atoms with Crippen molar-refractivity contribution < 1.29 is 19.5 Å². The summed E-state index contributed by atoms with van der Waals surface area (Å²) in [6.45, 7) is 0. The summed E-state index contributed by atoms with van der Waals surface area (Å²) in [5, 5.41) is 13.9. The van der Waals surface area contributed by atoms with Crippen LogP contribution in [0.1, 0.15) is 0 Å². The standard InChI is InChI=1S/C44H22N4.Zn/c1-2-10-23(11-3-1)36-31-18-19-33(45-31)38-26-14-6-8-16-28(26)40-41-29-17-9-7-15-27(29)39(44(41)48-43(38)40)34-21-20-32(46-34)37-25-13-5-4-12-24(25)30-22-35(36)47-42(30)37;/h1-22H;/q-2;+2. The van der Waals surface area contributed by atoms with Crippen molar-refractivity contribution in [3.8, 4) is 11.1 Å². The van der Waals surface area contributed by atoms with E-state index in [1.165, 1.54) is 43.1 Å². The first-order valence-electron chi connectivity index (χ1n) is 16.3. The van der Waals surface area contributed by atoms with Crippen LogP contribution < -0.4 is 19.9 Å². The van der Waals surface area contributed by atoms with Gasteiger partial charge in [0, 0.05) is 52.7 Å².